The summed E-state index contributed by atoms with van der Waals surface area (Å²) in [5.74, 6) is 0.428. The zero-order valence-electron chi connectivity index (χ0n) is 8.99. The Morgan fingerprint density at radius 2 is 1.88 bits per heavy atom. The first-order valence-electron chi connectivity index (χ1n) is 5.31. The van der Waals surface area contributed by atoms with Gasteiger partial charge in [0.1, 0.15) is 5.15 Å². The number of thiazole rings is 1. The summed E-state index contributed by atoms with van der Waals surface area (Å²) in [4.78, 5) is 7.55. The van der Waals surface area contributed by atoms with Crippen LogP contribution in [0.2, 0.25) is 5.15 Å². The van der Waals surface area contributed by atoms with Gasteiger partial charge in [-0.3, -0.25) is 0 Å². The molecule has 5 heteroatoms. The quantitative estimate of drug-likeness (QED) is 0.774. The molecule has 0 amide bonds. The third kappa shape index (κ3) is 2.03. The number of aromatic nitrogens is 1. The predicted octanol–water partition coefficient (Wildman–Crippen LogP) is 4.06. The Morgan fingerprint density at radius 1 is 1.24 bits per heavy atom. The van der Waals surface area contributed by atoms with Gasteiger partial charge in [0.15, 0.2) is 5.13 Å². The lowest BCUT2D eigenvalue weighted by Crippen LogP contribution is -2.13. The largest absolute Gasteiger partial charge is 0.339 e. The lowest BCUT2D eigenvalue weighted by atomic mass is 10.1. The van der Waals surface area contributed by atoms with Gasteiger partial charge in [-0.05, 0) is 11.1 Å². The van der Waals surface area contributed by atoms with Crippen LogP contribution in [-0.2, 0) is 19.0 Å². The van der Waals surface area contributed by atoms with Crippen LogP contribution in [0.3, 0.4) is 0 Å². The van der Waals surface area contributed by atoms with Gasteiger partial charge in [-0.15, -0.1) is 11.6 Å². The van der Waals surface area contributed by atoms with Gasteiger partial charge in [-0.25, -0.2) is 4.98 Å². The average Bonchev–Trinajstić information content (AvgIpc) is 2.91. The Hall–Kier alpha value is -0.770. The van der Waals surface area contributed by atoms with Gasteiger partial charge < -0.3 is 4.90 Å². The molecule has 2 aromatic rings. The van der Waals surface area contributed by atoms with Crippen molar-refractivity contribution in [2.75, 3.05) is 4.90 Å². The lowest BCUT2D eigenvalue weighted by Gasteiger charge is -2.12. The van der Waals surface area contributed by atoms with E-state index in [-0.39, 0.29) is 0 Å². The summed E-state index contributed by atoms with van der Waals surface area (Å²) in [5, 5.41) is 1.50. The van der Waals surface area contributed by atoms with E-state index in [9.17, 15) is 0 Å². The van der Waals surface area contributed by atoms with Crippen LogP contribution in [0.1, 0.15) is 16.0 Å². The number of rotatable bonds is 2. The van der Waals surface area contributed by atoms with Crippen molar-refractivity contribution >= 4 is 39.7 Å². The van der Waals surface area contributed by atoms with E-state index in [0.717, 1.165) is 23.1 Å². The van der Waals surface area contributed by atoms with Crippen LogP contribution in [0, 0.1) is 0 Å². The zero-order valence-corrected chi connectivity index (χ0v) is 11.3. The average molecular weight is 285 g/mol. The van der Waals surface area contributed by atoms with Crippen molar-refractivity contribution in [1.29, 1.82) is 0 Å². The van der Waals surface area contributed by atoms with Crippen LogP contribution in [0.15, 0.2) is 24.3 Å². The van der Waals surface area contributed by atoms with E-state index in [1.165, 1.54) is 11.1 Å². The molecule has 0 N–H and O–H groups in total. The number of halogens is 2. The maximum atomic E-state index is 6.02. The van der Waals surface area contributed by atoms with E-state index in [1.54, 1.807) is 11.3 Å². The number of anilines is 1. The summed E-state index contributed by atoms with van der Waals surface area (Å²) in [6.07, 6.45) is 0. The van der Waals surface area contributed by atoms with Crippen molar-refractivity contribution in [3.63, 3.8) is 0 Å². The number of alkyl halides is 1. The molecule has 0 saturated carbocycles. The molecule has 0 bridgehead atoms. The molecule has 0 saturated heterocycles. The molecule has 1 aliphatic rings. The van der Waals surface area contributed by atoms with Crippen molar-refractivity contribution in [1.82, 2.24) is 4.98 Å². The van der Waals surface area contributed by atoms with Crippen molar-refractivity contribution in [2.24, 2.45) is 0 Å². The van der Waals surface area contributed by atoms with Crippen LogP contribution in [0.5, 0.6) is 0 Å². The molecule has 0 radical (unpaired) electrons. The summed E-state index contributed by atoms with van der Waals surface area (Å²) >= 11 is 13.4. The summed E-state index contributed by atoms with van der Waals surface area (Å²) in [6.45, 7) is 1.81. The topological polar surface area (TPSA) is 16.1 Å². The van der Waals surface area contributed by atoms with E-state index in [1.807, 2.05) is 0 Å². The van der Waals surface area contributed by atoms with Crippen LogP contribution >= 0.6 is 34.5 Å². The van der Waals surface area contributed by atoms with Gasteiger partial charge in [0.25, 0.3) is 0 Å². The maximum absolute atomic E-state index is 6.02. The Balaban J connectivity index is 1.88. The molecule has 1 aliphatic heterocycles. The summed E-state index contributed by atoms with van der Waals surface area (Å²) in [5.41, 5.74) is 2.73. The molecule has 1 aromatic heterocycles. The maximum Gasteiger partial charge on any atom is 0.187 e. The second-order valence-electron chi connectivity index (χ2n) is 3.97. The first-order valence-corrected chi connectivity index (χ1v) is 7.03. The third-order valence-corrected chi connectivity index (χ3v) is 4.84. The highest BCUT2D eigenvalue weighted by molar-refractivity contribution is 7.16. The van der Waals surface area contributed by atoms with E-state index < -0.39 is 0 Å². The van der Waals surface area contributed by atoms with Crippen molar-refractivity contribution in [3.05, 3.63) is 45.4 Å². The lowest BCUT2D eigenvalue weighted by molar-refractivity contribution is 0.873. The summed E-state index contributed by atoms with van der Waals surface area (Å²) in [6, 6.07) is 8.46. The predicted molar refractivity (Wildman–Crippen MR) is 73.0 cm³/mol. The molecule has 0 unspecified atom stereocenters. The third-order valence-electron chi connectivity index (χ3n) is 2.87. The molecule has 0 aliphatic carbocycles. The van der Waals surface area contributed by atoms with Gasteiger partial charge in [0.2, 0.25) is 0 Å². The number of hydrogen-bond acceptors (Lipinski definition) is 3. The van der Waals surface area contributed by atoms with E-state index in [2.05, 4.69) is 34.1 Å². The van der Waals surface area contributed by atoms with Gasteiger partial charge in [0, 0.05) is 13.1 Å². The van der Waals surface area contributed by atoms with Crippen molar-refractivity contribution in [2.45, 2.75) is 19.0 Å². The molecular formula is C12H10Cl2N2S. The van der Waals surface area contributed by atoms with Crippen molar-refractivity contribution in [3.8, 4) is 0 Å². The molecule has 88 valence electrons. The highest BCUT2D eigenvalue weighted by atomic mass is 35.5. The Labute approximate surface area is 114 Å². The molecular weight excluding hydrogens is 275 g/mol. The van der Waals surface area contributed by atoms with E-state index in [0.29, 0.717) is 11.0 Å². The number of benzene rings is 1. The van der Waals surface area contributed by atoms with Crippen LogP contribution in [0.4, 0.5) is 5.13 Å². The smallest absolute Gasteiger partial charge is 0.187 e. The van der Waals surface area contributed by atoms with Crippen LogP contribution in [0.25, 0.3) is 0 Å². The van der Waals surface area contributed by atoms with Crippen molar-refractivity contribution < 1.29 is 0 Å². The minimum absolute atomic E-state index is 0.428. The first kappa shape index (κ1) is 11.3. The van der Waals surface area contributed by atoms with Gasteiger partial charge >= 0.3 is 0 Å². The molecule has 1 aromatic carbocycles. The first-order chi connectivity index (χ1) is 8.28. The van der Waals surface area contributed by atoms with Gasteiger partial charge in [-0.1, -0.05) is 47.2 Å². The Morgan fingerprint density at radius 3 is 2.41 bits per heavy atom. The summed E-state index contributed by atoms with van der Waals surface area (Å²) < 4.78 is 0. The number of fused-ring (bicyclic) bond motifs is 1. The molecule has 2 heterocycles. The molecule has 0 spiro atoms. The molecule has 3 rings (SSSR count). The van der Waals surface area contributed by atoms with Gasteiger partial charge in [-0.2, -0.15) is 0 Å². The minimum atomic E-state index is 0.428. The standard InChI is InChI=1S/C12H10Cl2N2S/c13-5-10-11(14)15-12(17-10)16-6-8-3-1-2-4-9(8)7-16/h1-4H,5-7H2. The zero-order chi connectivity index (χ0) is 11.8. The number of hydrogen-bond donors (Lipinski definition) is 0. The highest BCUT2D eigenvalue weighted by Gasteiger charge is 2.22. The monoisotopic (exact) mass is 284 g/mol. The molecule has 0 atom stereocenters. The molecule has 17 heavy (non-hydrogen) atoms. The van der Waals surface area contributed by atoms with Gasteiger partial charge in [0.05, 0.1) is 10.8 Å². The number of nitrogens with zero attached hydrogens (tertiary/aromatic N) is 2. The molecule has 2 nitrogen and oxygen atoms in total. The van der Waals surface area contributed by atoms with E-state index in [4.69, 9.17) is 23.2 Å². The van der Waals surface area contributed by atoms with E-state index >= 15 is 0 Å². The second kappa shape index (κ2) is 4.48. The Kier molecular flexibility index (Phi) is 2.99. The second-order valence-corrected chi connectivity index (χ2v) is 5.66. The van der Waals surface area contributed by atoms with Crippen LogP contribution < -0.4 is 4.90 Å². The highest BCUT2D eigenvalue weighted by Crippen LogP contribution is 2.35. The SMILES string of the molecule is ClCc1sc(N2Cc3ccccc3C2)nc1Cl. The summed E-state index contributed by atoms with van der Waals surface area (Å²) in [7, 11) is 0. The van der Waals surface area contributed by atoms with Crippen LogP contribution in [-0.4, -0.2) is 4.98 Å². The fraction of sp³-hybridized carbons (Fsp3) is 0.250. The fourth-order valence-corrected chi connectivity index (χ4v) is 3.48. The molecule has 0 fully saturated rings. The normalized spacial score (nSPS) is 14.1. The Bertz CT molecular complexity index is 528. The fourth-order valence-electron chi connectivity index (χ4n) is 2.01. The minimum Gasteiger partial charge on any atom is -0.339 e.